The van der Waals surface area contributed by atoms with Gasteiger partial charge in [0.1, 0.15) is 6.61 Å². The van der Waals surface area contributed by atoms with Gasteiger partial charge in [0.2, 0.25) is 15.8 Å². The molecule has 0 bridgehead atoms. The van der Waals surface area contributed by atoms with Crippen LogP contribution < -0.4 is 16.2 Å². The van der Waals surface area contributed by atoms with Crippen LogP contribution in [0, 0.1) is 26.7 Å². The fraction of sp³-hybridized carbons (Fsp3) is 0.333. The molecule has 16 nitrogen and oxygen atoms in total. The minimum absolute atomic E-state index is 0.0867. The standard InChI is InChI=1S/C39H45N5O11S/c1-5-21-53-37(50)31(32(36(48)49)54-22-27-13-8-6-9-14-27)44-34(46)30(35(44)47)33(45)39(19-12-20-42-38(40)41,55-23-28-15-10-7-11-16-28)43-56(51,52)29-18-17-24(2)25(3)26(29)4/h5-11,13-18,30-32,43H,1,12,19-23H2,2-4H3,(H,48,49)(H4,40,41,42)/t31-,32?,39+/m0/s1. The number of hydrogen-bond acceptors (Lipinski definition) is 11. The highest BCUT2D eigenvalue weighted by Gasteiger charge is 2.63. The van der Waals surface area contributed by atoms with Crippen molar-refractivity contribution in [1.29, 1.82) is 0 Å². The molecule has 0 radical (unpaired) electrons. The lowest BCUT2D eigenvalue weighted by Gasteiger charge is -2.44. The largest absolute Gasteiger partial charge is 0.479 e. The van der Waals surface area contributed by atoms with Gasteiger partial charge in [-0.1, -0.05) is 79.4 Å². The Balaban J connectivity index is 1.79. The molecule has 4 rings (SSSR count). The molecule has 3 aromatic carbocycles. The number of aryl methyl sites for hydroxylation is 1. The van der Waals surface area contributed by atoms with Crippen molar-refractivity contribution in [2.75, 3.05) is 13.2 Å². The predicted octanol–water partition coefficient (Wildman–Crippen LogP) is 2.18. The lowest BCUT2D eigenvalue weighted by Crippen LogP contribution is -2.73. The van der Waals surface area contributed by atoms with Crippen molar-refractivity contribution < 1.29 is 51.7 Å². The molecule has 1 heterocycles. The van der Waals surface area contributed by atoms with Gasteiger partial charge in [-0.2, -0.15) is 4.72 Å². The second-order valence-electron chi connectivity index (χ2n) is 13.0. The zero-order valence-electron chi connectivity index (χ0n) is 31.2. The number of ether oxygens (including phenoxy) is 3. The molecule has 1 fully saturated rings. The lowest BCUT2D eigenvalue weighted by molar-refractivity contribution is -0.190. The van der Waals surface area contributed by atoms with E-state index in [2.05, 4.69) is 16.3 Å². The molecule has 1 aliphatic rings. The number of Topliss-reactive ketones (excluding diaryl/α,β-unsaturated/α-hetero) is 1. The van der Waals surface area contributed by atoms with Gasteiger partial charge in [0, 0.05) is 13.0 Å². The van der Waals surface area contributed by atoms with E-state index in [4.69, 9.17) is 25.7 Å². The van der Waals surface area contributed by atoms with Gasteiger partial charge in [0.25, 0.3) is 11.8 Å². The number of nitrogens with zero attached hydrogens (tertiary/aromatic N) is 2. The quantitative estimate of drug-likeness (QED) is 0.0177. The molecule has 1 unspecified atom stereocenters. The van der Waals surface area contributed by atoms with Crippen molar-refractivity contribution in [3.63, 3.8) is 0 Å². The minimum Gasteiger partial charge on any atom is -0.479 e. The van der Waals surface area contributed by atoms with E-state index in [1.807, 2.05) is 0 Å². The van der Waals surface area contributed by atoms with Crippen molar-refractivity contribution >= 4 is 45.5 Å². The number of amides is 2. The van der Waals surface area contributed by atoms with Gasteiger partial charge in [-0.3, -0.25) is 24.3 Å². The summed E-state index contributed by atoms with van der Waals surface area (Å²) in [5, 5.41) is 10.2. The zero-order valence-corrected chi connectivity index (χ0v) is 32.0. The van der Waals surface area contributed by atoms with Crippen molar-refractivity contribution in [3.05, 3.63) is 113 Å². The Morgan fingerprint density at radius 1 is 0.946 bits per heavy atom. The molecule has 0 spiro atoms. The first-order valence-corrected chi connectivity index (χ1v) is 18.9. The highest BCUT2D eigenvalue weighted by Crippen LogP contribution is 2.35. The number of ketones is 1. The summed E-state index contributed by atoms with van der Waals surface area (Å²) < 4.78 is 47.7. The van der Waals surface area contributed by atoms with Crippen LogP contribution in [-0.2, 0) is 61.4 Å². The predicted molar refractivity (Wildman–Crippen MR) is 203 cm³/mol. The van der Waals surface area contributed by atoms with Crippen molar-refractivity contribution in [3.8, 4) is 0 Å². The van der Waals surface area contributed by atoms with Crippen LogP contribution in [0.25, 0.3) is 0 Å². The number of guanidine groups is 1. The Morgan fingerprint density at radius 3 is 2.09 bits per heavy atom. The van der Waals surface area contributed by atoms with E-state index in [-0.39, 0.29) is 41.9 Å². The number of likely N-dealkylation sites (tertiary alicyclic amines) is 1. The SMILES string of the molecule is C=CCOC(=O)[C@H](C(OCc1ccccc1)C(=O)O)N1C(=O)C(C(=O)[C@](CCCN=C(N)N)(NS(=O)(=O)c2ccc(C)c(C)c2C)OCc2ccccc2)C1=O. The smallest absolute Gasteiger partial charge is 0.335 e. The second kappa shape index (κ2) is 18.7. The molecule has 56 heavy (non-hydrogen) atoms. The summed E-state index contributed by atoms with van der Waals surface area (Å²) in [4.78, 5) is 72.9. The number of nitrogens with two attached hydrogens (primary N) is 2. The molecule has 3 aromatic rings. The maximum atomic E-state index is 14.8. The van der Waals surface area contributed by atoms with Gasteiger partial charge in [-0.15, -0.1) is 0 Å². The topological polar surface area (TPSA) is 247 Å². The summed E-state index contributed by atoms with van der Waals surface area (Å²) in [5.74, 6) is -9.50. The van der Waals surface area contributed by atoms with Crippen LogP contribution in [0.4, 0.5) is 0 Å². The van der Waals surface area contributed by atoms with Crippen LogP contribution in [-0.4, -0.2) is 84.9 Å². The number of carboxylic acids is 1. The first-order valence-electron chi connectivity index (χ1n) is 17.5. The number of esters is 1. The number of benzene rings is 3. The maximum absolute atomic E-state index is 14.8. The number of β-lactam (4-membered cyclic amide) rings is 2. The summed E-state index contributed by atoms with van der Waals surface area (Å²) in [5.41, 5.74) is 11.3. The number of aliphatic carboxylic acids is 1. The molecule has 6 N–H and O–H groups in total. The van der Waals surface area contributed by atoms with Gasteiger partial charge in [-0.05, 0) is 61.1 Å². The van der Waals surface area contributed by atoms with E-state index in [0.29, 0.717) is 22.3 Å². The molecule has 1 saturated heterocycles. The molecule has 2 amide bonds. The molecular weight excluding hydrogens is 747 g/mol. The van der Waals surface area contributed by atoms with Crippen LogP contribution in [0.5, 0.6) is 0 Å². The van der Waals surface area contributed by atoms with E-state index in [1.54, 1.807) is 87.5 Å². The number of imide groups is 1. The summed E-state index contributed by atoms with van der Waals surface area (Å²) >= 11 is 0. The lowest BCUT2D eigenvalue weighted by atomic mass is 9.83. The third-order valence-electron chi connectivity index (χ3n) is 9.20. The van der Waals surface area contributed by atoms with Crippen LogP contribution in [0.3, 0.4) is 0 Å². The van der Waals surface area contributed by atoms with E-state index < -0.39 is 76.4 Å². The number of hydrogen-bond donors (Lipinski definition) is 4. The summed E-state index contributed by atoms with van der Waals surface area (Å²) in [6.07, 6.45) is -1.51. The Bertz CT molecular complexity index is 2070. The van der Waals surface area contributed by atoms with E-state index in [0.717, 1.165) is 5.56 Å². The van der Waals surface area contributed by atoms with E-state index in [9.17, 15) is 37.5 Å². The average Bonchev–Trinajstić information content (AvgIpc) is 3.16. The first-order chi connectivity index (χ1) is 26.5. The third kappa shape index (κ3) is 9.91. The normalized spacial score (nSPS) is 15.2. The van der Waals surface area contributed by atoms with Crippen LogP contribution in [0.2, 0.25) is 0 Å². The van der Waals surface area contributed by atoms with Gasteiger partial charge >= 0.3 is 11.9 Å². The summed E-state index contributed by atoms with van der Waals surface area (Å²) in [6, 6.07) is 17.5. The Labute approximate surface area is 324 Å². The molecular formula is C39H45N5O11S. The highest BCUT2D eigenvalue weighted by molar-refractivity contribution is 7.89. The molecule has 298 valence electrons. The number of carbonyl (C=O) groups excluding carboxylic acids is 4. The number of carboxylic acid groups (broad SMARTS) is 1. The number of carbonyl (C=O) groups is 5. The molecule has 0 aliphatic carbocycles. The fourth-order valence-electron chi connectivity index (χ4n) is 6.02. The Morgan fingerprint density at radius 2 is 1.54 bits per heavy atom. The van der Waals surface area contributed by atoms with E-state index in [1.165, 1.54) is 12.1 Å². The second-order valence-corrected chi connectivity index (χ2v) is 14.7. The molecule has 17 heteroatoms. The van der Waals surface area contributed by atoms with Crippen molar-refractivity contribution in [2.24, 2.45) is 22.4 Å². The number of rotatable bonds is 21. The number of sulfonamides is 1. The van der Waals surface area contributed by atoms with E-state index >= 15 is 0 Å². The summed E-state index contributed by atoms with van der Waals surface area (Å²) in [7, 11) is -4.65. The molecule has 0 aromatic heterocycles. The average molecular weight is 792 g/mol. The Kier molecular flexibility index (Phi) is 14.4. The van der Waals surface area contributed by atoms with Crippen LogP contribution in [0.15, 0.2) is 95.3 Å². The third-order valence-corrected chi connectivity index (χ3v) is 10.8. The van der Waals surface area contributed by atoms with Gasteiger partial charge < -0.3 is 30.8 Å². The van der Waals surface area contributed by atoms with Crippen molar-refractivity contribution in [2.45, 2.75) is 69.6 Å². The molecule has 1 aliphatic heterocycles. The minimum atomic E-state index is -4.65. The number of aliphatic imine (C=N–C) groups is 1. The molecule has 3 atom stereocenters. The van der Waals surface area contributed by atoms with Crippen LogP contribution >= 0.6 is 0 Å². The Hall–Kier alpha value is -5.75. The van der Waals surface area contributed by atoms with Gasteiger partial charge in [0.15, 0.2) is 29.7 Å². The van der Waals surface area contributed by atoms with Crippen molar-refractivity contribution in [1.82, 2.24) is 9.62 Å². The zero-order chi connectivity index (χ0) is 41.2. The van der Waals surface area contributed by atoms with Crippen LogP contribution in [0.1, 0.15) is 40.7 Å². The summed E-state index contributed by atoms with van der Waals surface area (Å²) in [6.45, 7) is 7.35. The van der Waals surface area contributed by atoms with Gasteiger partial charge in [-0.25, -0.2) is 18.0 Å². The number of nitrogens with one attached hydrogen (secondary N) is 1. The monoisotopic (exact) mass is 791 g/mol. The van der Waals surface area contributed by atoms with Gasteiger partial charge in [0.05, 0.1) is 18.1 Å². The molecule has 0 saturated carbocycles. The fourth-order valence-corrected chi connectivity index (χ4v) is 7.62. The highest BCUT2D eigenvalue weighted by atomic mass is 32.2. The maximum Gasteiger partial charge on any atom is 0.335 e. The first kappa shape index (κ1) is 43.0.